The van der Waals surface area contributed by atoms with Crippen molar-refractivity contribution in [1.82, 2.24) is 24.7 Å². The van der Waals surface area contributed by atoms with Gasteiger partial charge in [0.1, 0.15) is 28.8 Å². The molecule has 202 valence electrons. The van der Waals surface area contributed by atoms with Crippen molar-refractivity contribution in [2.45, 2.75) is 73.6 Å². The fourth-order valence-corrected chi connectivity index (χ4v) is 5.30. The van der Waals surface area contributed by atoms with Crippen molar-refractivity contribution in [3.63, 3.8) is 0 Å². The molecule has 5 rings (SSSR count). The van der Waals surface area contributed by atoms with Crippen LogP contribution in [0.5, 0.6) is 0 Å². The van der Waals surface area contributed by atoms with Gasteiger partial charge in [0.2, 0.25) is 5.91 Å². The summed E-state index contributed by atoms with van der Waals surface area (Å²) in [5.74, 6) is 2.48. The van der Waals surface area contributed by atoms with Crippen molar-refractivity contribution in [3.05, 3.63) is 35.7 Å². The summed E-state index contributed by atoms with van der Waals surface area (Å²) < 4.78 is 40.4. The van der Waals surface area contributed by atoms with Gasteiger partial charge in [-0.3, -0.25) is 9.48 Å². The molecule has 3 aromatic rings. The van der Waals surface area contributed by atoms with Crippen molar-refractivity contribution in [1.29, 1.82) is 0 Å². The lowest BCUT2D eigenvalue weighted by molar-refractivity contribution is -0.141. The van der Waals surface area contributed by atoms with Gasteiger partial charge < -0.3 is 10.2 Å². The average Bonchev–Trinajstić information content (AvgIpc) is 3.14. The standard InChI is InChI=1S/C24H28F3N7O.2CH4/c1-12(2)21-23(35)31-20-13(3)29-19(30-22(20)33(21)4)7-14-5-15(6-14)10-34-11-16-8-18(24(25,26)27)28-9-17(16)32-34;;/h8-9,11-12,14-15,21H,5-7,10H2,1-4H3,(H,31,35);2*1H4/t14?,15?,21-;;/m0../s1. The Morgan fingerprint density at radius 2 is 1.86 bits per heavy atom. The van der Waals surface area contributed by atoms with Crippen LogP contribution < -0.4 is 10.2 Å². The van der Waals surface area contributed by atoms with E-state index in [2.05, 4.69) is 20.4 Å². The molecule has 1 amide bonds. The number of carbonyl (C=O) groups is 1. The maximum absolute atomic E-state index is 12.9. The highest BCUT2D eigenvalue weighted by atomic mass is 19.4. The van der Waals surface area contributed by atoms with Crippen LogP contribution in [0.2, 0.25) is 0 Å². The Hall–Kier alpha value is -3.24. The number of pyridine rings is 1. The summed E-state index contributed by atoms with van der Waals surface area (Å²) in [6, 6.07) is 0.770. The number of likely N-dealkylation sites (N-methyl/N-ethyl adjacent to an activating group) is 1. The van der Waals surface area contributed by atoms with Crippen LogP contribution in [0.3, 0.4) is 0 Å². The molecule has 37 heavy (non-hydrogen) atoms. The van der Waals surface area contributed by atoms with Gasteiger partial charge in [0.25, 0.3) is 0 Å². The number of fused-ring (bicyclic) bond motifs is 2. The molecule has 0 aromatic carbocycles. The van der Waals surface area contributed by atoms with Crippen LogP contribution in [0.4, 0.5) is 24.7 Å². The first kappa shape index (κ1) is 28.3. The van der Waals surface area contributed by atoms with Crippen molar-refractivity contribution in [3.8, 4) is 0 Å². The number of halogens is 3. The van der Waals surface area contributed by atoms with Crippen LogP contribution >= 0.6 is 0 Å². The molecule has 1 N–H and O–H groups in total. The third-order valence-corrected chi connectivity index (χ3v) is 7.00. The molecule has 1 aliphatic carbocycles. The second-order valence-corrected chi connectivity index (χ2v) is 10.1. The predicted octanol–water partition coefficient (Wildman–Crippen LogP) is 5.50. The number of carbonyl (C=O) groups excluding carboxylic acids is 1. The van der Waals surface area contributed by atoms with Gasteiger partial charge in [0.15, 0.2) is 5.82 Å². The van der Waals surface area contributed by atoms with Crippen molar-refractivity contribution in [2.75, 3.05) is 17.3 Å². The third-order valence-electron chi connectivity index (χ3n) is 7.00. The first-order chi connectivity index (χ1) is 16.5. The summed E-state index contributed by atoms with van der Waals surface area (Å²) >= 11 is 0. The number of amides is 1. The minimum Gasteiger partial charge on any atom is -0.346 e. The predicted molar refractivity (Wildman–Crippen MR) is 138 cm³/mol. The summed E-state index contributed by atoms with van der Waals surface area (Å²) in [4.78, 5) is 27.4. The van der Waals surface area contributed by atoms with E-state index < -0.39 is 11.9 Å². The van der Waals surface area contributed by atoms with E-state index in [9.17, 15) is 18.0 Å². The van der Waals surface area contributed by atoms with Gasteiger partial charge in [-0.25, -0.2) is 15.0 Å². The van der Waals surface area contributed by atoms with Crippen LogP contribution in [-0.2, 0) is 23.9 Å². The fraction of sp³-hybridized carbons (Fsp3) is 0.577. The molecular weight excluding hydrogens is 483 g/mol. The molecule has 1 fully saturated rings. The number of nitrogens with one attached hydrogen (secondary N) is 1. The number of alkyl halides is 3. The Morgan fingerprint density at radius 3 is 2.51 bits per heavy atom. The van der Waals surface area contributed by atoms with Crippen molar-refractivity contribution < 1.29 is 18.0 Å². The quantitative estimate of drug-likeness (QED) is 0.479. The summed E-state index contributed by atoms with van der Waals surface area (Å²) in [6.07, 6.45) is 1.07. The number of anilines is 2. The molecule has 0 saturated heterocycles. The average molecular weight is 520 g/mol. The van der Waals surface area contributed by atoms with E-state index in [4.69, 9.17) is 4.98 Å². The van der Waals surface area contributed by atoms with Gasteiger partial charge in [-0.1, -0.05) is 28.7 Å². The van der Waals surface area contributed by atoms with Crippen LogP contribution in [0, 0.1) is 24.7 Å². The lowest BCUT2D eigenvalue weighted by atomic mass is 9.73. The Kier molecular flexibility index (Phi) is 7.85. The molecule has 1 atom stereocenters. The largest absolute Gasteiger partial charge is 0.433 e. The van der Waals surface area contributed by atoms with Gasteiger partial charge in [0, 0.05) is 31.6 Å². The number of nitrogens with zero attached hydrogens (tertiary/aromatic N) is 6. The zero-order chi connectivity index (χ0) is 25.1. The molecule has 3 aromatic heterocycles. The molecule has 8 nitrogen and oxygen atoms in total. The van der Waals surface area contributed by atoms with Crippen molar-refractivity contribution in [2.24, 2.45) is 17.8 Å². The second kappa shape index (κ2) is 10.3. The van der Waals surface area contributed by atoms with E-state index in [0.717, 1.165) is 42.7 Å². The van der Waals surface area contributed by atoms with E-state index in [1.54, 1.807) is 10.9 Å². The topological polar surface area (TPSA) is 88.8 Å². The maximum Gasteiger partial charge on any atom is 0.433 e. The third kappa shape index (κ3) is 5.40. The first-order valence-corrected chi connectivity index (χ1v) is 11.8. The minimum atomic E-state index is -4.47. The van der Waals surface area contributed by atoms with Crippen molar-refractivity contribution >= 4 is 28.3 Å². The van der Waals surface area contributed by atoms with Crippen LogP contribution in [-0.4, -0.2) is 43.7 Å². The maximum atomic E-state index is 12.9. The van der Waals surface area contributed by atoms with E-state index >= 15 is 0 Å². The minimum absolute atomic E-state index is 0. The highest BCUT2D eigenvalue weighted by Crippen LogP contribution is 2.39. The van der Waals surface area contributed by atoms with E-state index in [0.29, 0.717) is 35.0 Å². The Labute approximate surface area is 215 Å². The summed E-state index contributed by atoms with van der Waals surface area (Å²) in [6.45, 7) is 6.58. The molecule has 0 unspecified atom stereocenters. The van der Waals surface area contributed by atoms with Gasteiger partial charge >= 0.3 is 6.18 Å². The normalized spacial score (nSPS) is 21.1. The van der Waals surface area contributed by atoms with E-state index in [1.165, 1.54) is 6.20 Å². The molecule has 0 spiro atoms. The molecule has 1 saturated carbocycles. The van der Waals surface area contributed by atoms with Gasteiger partial charge in [0.05, 0.1) is 11.9 Å². The number of hydrogen-bond donors (Lipinski definition) is 1. The van der Waals surface area contributed by atoms with Crippen LogP contribution in [0.1, 0.15) is 58.8 Å². The van der Waals surface area contributed by atoms with Gasteiger partial charge in [-0.2, -0.15) is 18.3 Å². The zero-order valence-electron chi connectivity index (χ0n) is 20.1. The SMILES string of the molecule is C.C.Cc1nc(CC2CC(Cn3cc4cc(C(F)(F)F)ncc4n3)C2)nc2c1NC(=O)[C@H](C(C)C)N2C. The molecule has 11 heteroatoms. The molecule has 1 aliphatic heterocycles. The summed E-state index contributed by atoms with van der Waals surface area (Å²) in [5.41, 5.74) is 0.998. The summed E-state index contributed by atoms with van der Waals surface area (Å²) in [7, 11) is 1.90. The van der Waals surface area contributed by atoms with E-state index in [-0.39, 0.29) is 32.7 Å². The molecule has 0 radical (unpaired) electrons. The summed E-state index contributed by atoms with van der Waals surface area (Å²) in [5, 5.41) is 7.80. The Balaban J connectivity index is 0.00000190. The van der Waals surface area contributed by atoms with Crippen LogP contribution in [0.15, 0.2) is 18.5 Å². The van der Waals surface area contributed by atoms with Crippen LogP contribution in [0.25, 0.3) is 10.9 Å². The number of aromatic nitrogens is 5. The molecule has 4 heterocycles. The second-order valence-electron chi connectivity index (χ2n) is 10.1. The fourth-order valence-electron chi connectivity index (χ4n) is 5.30. The Morgan fingerprint density at radius 1 is 1.16 bits per heavy atom. The number of aryl methyl sites for hydroxylation is 1. The molecule has 2 aliphatic rings. The highest BCUT2D eigenvalue weighted by Gasteiger charge is 2.36. The molecular formula is C26H36F3N7O. The monoisotopic (exact) mass is 519 g/mol. The zero-order valence-corrected chi connectivity index (χ0v) is 20.1. The smallest absolute Gasteiger partial charge is 0.346 e. The lowest BCUT2D eigenvalue weighted by Gasteiger charge is -2.38. The Bertz CT molecular complexity index is 1280. The van der Waals surface area contributed by atoms with Gasteiger partial charge in [-0.15, -0.1) is 0 Å². The lowest BCUT2D eigenvalue weighted by Crippen LogP contribution is -2.49. The van der Waals surface area contributed by atoms with Gasteiger partial charge in [-0.05, 0) is 43.6 Å². The highest BCUT2D eigenvalue weighted by molar-refractivity contribution is 6.03. The first-order valence-electron chi connectivity index (χ1n) is 11.8. The number of hydrogen-bond acceptors (Lipinski definition) is 6. The number of rotatable bonds is 5. The molecule has 0 bridgehead atoms. The van der Waals surface area contributed by atoms with E-state index in [1.807, 2.05) is 32.7 Å².